The minimum Gasteiger partial charge on any atom is -1.00 e. The summed E-state index contributed by atoms with van der Waals surface area (Å²) < 4.78 is 0. The van der Waals surface area contributed by atoms with Crippen LogP contribution in [0.2, 0.25) is 5.02 Å². The van der Waals surface area contributed by atoms with Gasteiger partial charge >= 0.3 is 51.4 Å². The Morgan fingerprint density at radius 2 is 2.04 bits per heavy atom. The Kier molecular flexibility index (Phi) is 7.40. The summed E-state index contributed by atoms with van der Waals surface area (Å²) in [5, 5.41) is 23.2. The molecule has 0 bridgehead atoms. The third-order valence-corrected chi connectivity index (χ3v) is 6.34. The van der Waals surface area contributed by atoms with Crippen molar-refractivity contribution in [1.29, 1.82) is 0 Å². The molecule has 2 aliphatic rings. The number of aliphatic imine (C=N–C) groups is 2. The first kappa shape index (κ1) is 22.0. The second-order valence-corrected chi connectivity index (χ2v) is 8.20. The molecule has 138 valence electrons. The Morgan fingerprint density at radius 1 is 1.29 bits per heavy atom. The number of fused-ring (bicyclic) bond motifs is 1. The normalized spacial score (nSPS) is 17.5. The summed E-state index contributed by atoms with van der Waals surface area (Å²) in [4.78, 5) is 20.9. The predicted octanol–water partition coefficient (Wildman–Crippen LogP) is 1.91. The number of rotatable bonds is 4. The summed E-state index contributed by atoms with van der Waals surface area (Å²) in [6.07, 6.45) is 2.87. The zero-order valence-corrected chi connectivity index (χ0v) is 20.0. The Bertz CT molecular complexity index is 1020. The summed E-state index contributed by atoms with van der Waals surface area (Å²) in [7, 11) is 0. The van der Waals surface area contributed by atoms with Crippen LogP contribution in [0.3, 0.4) is 0 Å². The van der Waals surface area contributed by atoms with Gasteiger partial charge in [-0.2, -0.15) is 0 Å². The molecule has 0 saturated carbocycles. The van der Waals surface area contributed by atoms with E-state index in [1.165, 1.54) is 35.9 Å². The smallest absolute Gasteiger partial charge is 1.00 e. The summed E-state index contributed by atoms with van der Waals surface area (Å²) >= 11 is 8.49. The molecule has 0 spiro atoms. The largest absolute Gasteiger partial charge is 1.00 e. The number of hydroxylamine groups is 2. The summed E-state index contributed by atoms with van der Waals surface area (Å²) in [6, 6.07) is 12.1. The third-order valence-electron chi connectivity index (χ3n) is 3.78. The maximum absolute atomic E-state index is 11.6. The van der Waals surface area contributed by atoms with Gasteiger partial charge in [-0.3, -0.25) is 15.3 Å². The summed E-state index contributed by atoms with van der Waals surface area (Å²) in [6.45, 7) is 0. The van der Waals surface area contributed by atoms with E-state index in [0.717, 1.165) is 9.96 Å². The number of hydrogen-bond acceptors (Lipinski definition) is 8. The first-order valence-corrected chi connectivity index (χ1v) is 9.77. The number of hydrogen-bond donors (Lipinski definition) is 1. The van der Waals surface area contributed by atoms with E-state index in [0.29, 0.717) is 26.2 Å². The molecule has 2 aliphatic heterocycles. The molecule has 0 radical (unpaired) electrons. The molecule has 1 unspecified atom stereocenters. The molecule has 0 fully saturated rings. The first-order valence-electron chi connectivity index (χ1n) is 7.69. The van der Waals surface area contributed by atoms with Gasteiger partial charge in [0.05, 0.1) is 21.7 Å². The molecule has 7 nitrogen and oxygen atoms in total. The van der Waals surface area contributed by atoms with E-state index in [-0.39, 0.29) is 63.9 Å². The van der Waals surface area contributed by atoms with Crippen LogP contribution in [0.1, 0.15) is 6.99 Å². The van der Waals surface area contributed by atoms with Crippen LogP contribution in [-0.4, -0.2) is 31.9 Å². The van der Waals surface area contributed by atoms with Crippen LogP contribution in [0, 0.1) is 10.1 Å². The summed E-state index contributed by atoms with van der Waals surface area (Å²) in [5.41, 5.74) is 1.22. The molecule has 4 rings (SSSR count). The molecule has 28 heavy (non-hydrogen) atoms. The second kappa shape index (κ2) is 9.41. The molecule has 1 N–H and O–H groups in total. The van der Waals surface area contributed by atoms with Crippen LogP contribution in [0.25, 0.3) is 0 Å². The average Bonchev–Trinajstić information content (AvgIpc) is 3.09. The van der Waals surface area contributed by atoms with Crippen molar-refractivity contribution in [3.8, 4) is 0 Å². The molecule has 2 aromatic rings. The first-order chi connectivity index (χ1) is 13.0. The maximum Gasteiger partial charge on any atom is 1.00 e. The van der Waals surface area contributed by atoms with E-state index in [4.69, 9.17) is 11.6 Å². The second-order valence-electron chi connectivity index (χ2n) is 5.58. The number of benzene rings is 2. The Morgan fingerprint density at radius 3 is 2.71 bits per heavy atom. The average molecular weight is 459 g/mol. The topological polar surface area (TPSA) is 91.3 Å². The molecule has 1 atom stereocenters. The standard InChI is InChI=1S/C17H11ClN4O3S2.K.H/c18-11-2-4-12(5-3-11)26-15-6-1-10(7-14(15)22(24)25)16-20-13-8-19-9-21(23)17(13)27-16;;/h1-9,17,23H;;/q;+1;-1. The third kappa shape index (κ3) is 4.72. The molecule has 0 aromatic heterocycles. The Balaban J connectivity index is 0.00000150. The van der Waals surface area contributed by atoms with E-state index in [1.807, 2.05) is 12.1 Å². The van der Waals surface area contributed by atoms with Crippen LogP contribution in [0.5, 0.6) is 0 Å². The van der Waals surface area contributed by atoms with Crippen molar-refractivity contribution >= 4 is 52.2 Å². The van der Waals surface area contributed by atoms with Crippen molar-refractivity contribution in [3.05, 3.63) is 75.1 Å². The zero-order chi connectivity index (χ0) is 19.0. The fourth-order valence-corrected chi connectivity index (χ4v) is 4.58. The van der Waals surface area contributed by atoms with Crippen molar-refractivity contribution in [2.45, 2.75) is 15.2 Å². The van der Waals surface area contributed by atoms with Gasteiger partial charge in [-0.15, -0.1) is 0 Å². The van der Waals surface area contributed by atoms with Crippen LogP contribution < -0.4 is 51.4 Å². The van der Waals surface area contributed by atoms with Gasteiger partial charge in [0.1, 0.15) is 11.4 Å². The van der Waals surface area contributed by atoms with Crippen molar-refractivity contribution < 1.29 is 62.9 Å². The van der Waals surface area contributed by atoms with E-state index in [9.17, 15) is 15.3 Å². The SMILES string of the molecule is O=[N+]([O-])c1cc(C2=NC3=CN=CN(O)C3S2)ccc1Sc1ccc(Cl)cc1.[H-].[K+]. The number of nitro benzene ring substituents is 1. The van der Waals surface area contributed by atoms with E-state index < -0.39 is 4.92 Å². The van der Waals surface area contributed by atoms with Gasteiger partial charge in [0.25, 0.3) is 5.69 Å². The van der Waals surface area contributed by atoms with Gasteiger partial charge in [0.2, 0.25) is 0 Å². The molecule has 0 amide bonds. The monoisotopic (exact) mass is 458 g/mol. The van der Waals surface area contributed by atoms with Gasteiger partial charge in [-0.1, -0.05) is 41.2 Å². The fourth-order valence-electron chi connectivity index (χ4n) is 2.53. The van der Waals surface area contributed by atoms with Crippen molar-refractivity contribution in [1.82, 2.24) is 5.06 Å². The quantitative estimate of drug-likeness (QED) is 0.427. The molecule has 0 saturated heterocycles. The van der Waals surface area contributed by atoms with Gasteiger partial charge in [0.15, 0.2) is 5.37 Å². The number of nitro groups is 1. The summed E-state index contributed by atoms with van der Waals surface area (Å²) in [5.74, 6) is 0. The minimum absolute atomic E-state index is 0. The van der Waals surface area contributed by atoms with E-state index in [2.05, 4.69) is 9.98 Å². The van der Waals surface area contributed by atoms with E-state index >= 15 is 0 Å². The molecular weight excluding hydrogens is 447 g/mol. The molecular formula is C17H12ClKN4O3S2. The van der Waals surface area contributed by atoms with E-state index in [1.54, 1.807) is 30.5 Å². The van der Waals surface area contributed by atoms with Gasteiger partial charge in [-0.25, -0.2) is 15.0 Å². The fraction of sp³-hybridized carbons (Fsp3) is 0.0588. The molecule has 2 aromatic carbocycles. The Labute approximate surface area is 218 Å². The van der Waals surface area contributed by atoms with Gasteiger partial charge in [0, 0.05) is 21.5 Å². The Hall–Kier alpha value is -0.694. The van der Waals surface area contributed by atoms with Crippen molar-refractivity contribution in [2.24, 2.45) is 9.98 Å². The predicted molar refractivity (Wildman–Crippen MR) is 108 cm³/mol. The van der Waals surface area contributed by atoms with Crippen LogP contribution in [-0.2, 0) is 0 Å². The van der Waals surface area contributed by atoms with Crippen molar-refractivity contribution in [3.63, 3.8) is 0 Å². The number of nitrogens with zero attached hydrogens (tertiary/aromatic N) is 4. The van der Waals surface area contributed by atoms with Gasteiger partial charge in [-0.05, 0) is 30.3 Å². The van der Waals surface area contributed by atoms with Crippen LogP contribution >= 0.6 is 35.1 Å². The van der Waals surface area contributed by atoms with Crippen molar-refractivity contribution in [2.75, 3.05) is 0 Å². The van der Waals surface area contributed by atoms with Crippen LogP contribution in [0.15, 0.2) is 74.1 Å². The maximum atomic E-state index is 11.6. The number of thioether (sulfide) groups is 1. The zero-order valence-electron chi connectivity index (χ0n) is 15.5. The molecule has 2 heterocycles. The van der Waals surface area contributed by atoms with Gasteiger partial charge < -0.3 is 1.43 Å². The van der Waals surface area contributed by atoms with Crippen LogP contribution in [0.4, 0.5) is 5.69 Å². The molecule has 0 aliphatic carbocycles. The minimum atomic E-state index is -0.407. The number of halogens is 1. The molecule has 11 heteroatoms.